The maximum atomic E-state index is 11.0. The molecule has 0 atom stereocenters. The highest BCUT2D eigenvalue weighted by molar-refractivity contribution is 8.11. The van der Waals surface area contributed by atoms with Crippen LogP contribution < -0.4 is 9.26 Å². The van der Waals surface area contributed by atoms with Gasteiger partial charge in [-0.2, -0.15) is 0 Å². The normalized spacial score (nSPS) is 11.4. The molecule has 0 radical (unpaired) electrons. The number of methoxy groups -OCH3 is 2. The molecule has 0 spiro atoms. The van der Waals surface area contributed by atoms with Crippen LogP contribution in [0.15, 0.2) is 24.3 Å². The van der Waals surface area contributed by atoms with Gasteiger partial charge in [-0.25, -0.2) is 4.79 Å². The molecule has 1 rings (SSSR count). The van der Waals surface area contributed by atoms with Gasteiger partial charge in [-0.15, -0.1) is 0 Å². The van der Waals surface area contributed by atoms with E-state index in [9.17, 15) is 4.79 Å². The summed E-state index contributed by atoms with van der Waals surface area (Å²) in [6, 6.07) is 5.38. The Bertz CT molecular complexity index is 533. The highest BCUT2D eigenvalue weighted by atomic mass is 32.4. The number of hydrogen-bond acceptors (Lipinski definition) is 5. The molecule has 0 saturated carbocycles. The van der Waals surface area contributed by atoms with Crippen LogP contribution >= 0.6 is 6.26 Å². The molecule has 0 aliphatic heterocycles. The molecule has 0 aromatic heterocycles. The van der Waals surface area contributed by atoms with Gasteiger partial charge in [0.15, 0.2) is 11.5 Å². The molecule has 104 valence electrons. The van der Waals surface area contributed by atoms with E-state index >= 15 is 0 Å². The standard InChI is InChI=1S/C13H17O4PS/c1-15-12-9-10(6-8-13(14)16-2)5-7-11(12)17-18(3,4)19/h5-9H,1-4H3/b8-6+. The Balaban J connectivity index is 2.99. The Morgan fingerprint density at radius 1 is 1.26 bits per heavy atom. The number of hydrogen-bond donors (Lipinski definition) is 0. The van der Waals surface area contributed by atoms with Crippen LogP contribution in [0.5, 0.6) is 11.5 Å². The van der Waals surface area contributed by atoms with E-state index in [4.69, 9.17) is 21.1 Å². The lowest BCUT2D eigenvalue weighted by Crippen LogP contribution is -1.95. The number of esters is 1. The first-order chi connectivity index (χ1) is 8.85. The topological polar surface area (TPSA) is 44.8 Å². The molecule has 4 nitrogen and oxygen atoms in total. The van der Waals surface area contributed by atoms with Gasteiger partial charge in [0.25, 0.3) is 0 Å². The minimum atomic E-state index is -1.82. The molecule has 19 heavy (non-hydrogen) atoms. The van der Waals surface area contributed by atoms with E-state index in [1.165, 1.54) is 13.2 Å². The van der Waals surface area contributed by atoms with Gasteiger partial charge in [0.1, 0.15) is 6.26 Å². The van der Waals surface area contributed by atoms with Gasteiger partial charge >= 0.3 is 5.97 Å². The quantitative estimate of drug-likeness (QED) is 0.475. The summed E-state index contributed by atoms with van der Waals surface area (Å²) < 4.78 is 15.5. The molecule has 0 fully saturated rings. The predicted molar refractivity (Wildman–Crippen MR) is 80.8 cm³/mol. The van der Waals surface area contributed by atoms with Crippen molar-refractivity contribution in [2.75, 3.05) is 27.5 Å². The van der Waals surface area contributed by atoms with E-state index in [1.54, 1.807) is 25.3 Å². The first kappa shape index (κ1) is 15.7. The monoisotopic (exact) mass is 300 g/mol. The fourth-order valence-electron chi connectivity index (χ4n) is 1.33. The Kier molecular flexibility index (Phi) is 5.58. The van der Waals surface area contributed by atoms with Crippen molar-refractivity contribution in [1.29, 1.82) is 0 Å². The third-order valence-corrected chi connectivity index (χ3v) is 2.98. The zero-order chi connectivity index (χ0) is 14.5. The van der Waals surface area contributed by atoms with E-state index in [0.29, 0.717) is 11.5 Å². The summed E-state index contributed by atoms with van der Waals surface area (Å²) in [5, 5.41) is 0. The summed E-state index contributed by atoms with van der Waals surface area (Å²) in [6.07, 6.45) is 1.17. The average molecular weight is 300 g/mol. The van der Waals surface area contributed by atoms with E-state index in [-0.39, 0.29) is 0 Å². The summed E-state index contributed by atoms with van der Waals surface area (Å²) in [5.74, 6) is 0.799. The van der Waals surface area contributed by atoms with Gasteiger partial charge in [0.2, 0.25) is 0 Å². The second kappa shape index (κ2) is 6.73. The van der Waals surface area contributed by atoms with Crippen molar-refractivity contribution in [2.24, 2.45) is 0 Å². The zero-order valence-corrected chi connectivity index (χ0v) is 13.1. The highest BCUT2D eigenvalue weighted by Crippen LogP contribution is 2.43. The third kappa shape index (κ3) is 5.45. The van der Waals surface area contributed by atoms with Crippen LogP contribution in [0.25, 0.3) is 6.08 Å². The molecule has 0 heterocycles. The molecule has 1 aromatic carbocycles. The zero-order valence-electron chi connectivity index (χ0n) is 11.4. The van der Waals surface area contributed by atoms with Crippen LogP contribution in [0, 0.1) is 0 Å². The highest BCUT2D eigenvalue weighted by Gasteiger charge is 2.10. The first-order valence-corrected chi connectivity index (χ1v) is 9.16. The van der Waals surface area contributed by atoms with Gasteiger partial charge < -0.3 is 14.0 Å². The number of rotatable bonds is 5. The maximum absolute atomic E-state index is 11.0. The molecule has 6 heteroatoms. The molecule has 0 aliphatic rings. The van der Waals surface area contributed by atoms with Crippen LogP contribution in [0.4, 0.5) is 0 Å². The fraction of sp³-hybridized carbons (Fsp3) is 0.308. The van der Waals surface area contributed by atoms with Gasteiger partial charge in [0, 0.05) is 6.08 Å². The van der Waals surface area contributed by atoms with Crippen LogP contribution in [0.3, 0.4) is 0 Å². The molecular weight excluding hydrogens is 283 g/mol. The lowest BCUT2D eigenvalue weighted by atomic mass is 10.2. The summed E-state index contributed by atoms with van der Waals surface area (Å²) in [5.41, 5.74) is 0.815. The second-order valence-corrected chi connectivity index (χ2v) is 9.43. The Hall–Kier alpha value is -1.32. The Labute approximate surface area is 118 Å². The summed E-state index contributed by atoms with van der Waals surface area (Å²) in [6.45, 7) is 3.79. The van der Waals surface area contributed by atoms with Crippen molar-refractivity contribution < 1.29 is 18.8 Å². The molecule has 0 saturated heterocycles. The molecule has 0 amide bonds. The van der Waals surface area contributed by atoms with E-state index in [1.807, 2.05) is 19.4 Å². The maximum Gasteiger partial charge on any atom is 0.330 e. The fourth-order valence-corrected chi connectivity index (χ4v) is 2.20. The lowest BCUT2D eigenvalue weighted by Gasteiger charge is -2.16. The predicted octanol–water partition coefficient (Wildman–Crippen LogP) is 2.91. The number of carbonyl (C=O) groups excluding carboxylic acids is 1. The summed E-state index contributed by atoms with van der Waals surface area (Å²) >= 11 is 5.27. The van der Waals surface area contributed by atoms with Crippen molar-refractivity contribution in [3.63, 3.8) is 0 Å². The minimum absolute atomic E-state index is 0.406. The van der Waals surface area contributed by atoms with Gasteiger partial charge in [-0.05, 0) is 37.1 Å². The SMILES string of the molecule is COC(=O)/C=C/c1ccc(OP(C)(C)=S)c(OC)c1. The van der Waals surface area contributed by atoms with Crippen molar-refractivity contribution >= 4 is 30.1 Å². The minimum Gasteiger partial charge on any atom is -0.493 e. The number of carbonyl (C=O) groups is 1. The Morgan fingerprint density at radius 3 is 2.47 bits per heavy atom. The van der Waals surface area contributed by atoms with Crippen molar-refractivity contribution in [3.05, 3.63) is 29.8 Å². The van der Waals surface area contributed by atoms with E-state index < -0.39 is 12.2 Å². The molecular formula is C13H17O4PS. The van der Waals surface area contributed by atoms with E-state index in [0.717, 1.165) is 5.56 Å². The number of ether oxygens (including phenoxy) is 2. The van der Waals surface area contributed by atoms with Gasteiger partial charge in [-0.3, -0.25) is 0 Å². The first-order valence-electron chi connectivity index (χ1n) is 5.54. The molecule has 0 aliphatic carbocycles. The Morgan fingerprint density at radius 2 is 1.95 bits per heavy atom. The van der Waals surface area contributed by atoms with Gasteiger partial charge in [0.05, 0.1) is 14.2 Å². The summed E-state index contributed by atoms with van der Waals surface area (Å²) in [4.78, 5) is 11.0. The van der Waals surface area contributed by atoms with Crippen LogP contribution in [0.1, 0.15) is 5.56 Å². The average Bonchev–Trinajstić information content (AvgIpc) is 2.35. The van der Waals surface area contributed by atoms with Crippen molar-refractivity contribution in [3.8, 4) is 11.5 Å². The van der Waals surface area contributed by atoms with Crippen LogP contribution in [-0.4, -0.2) is 33.5 Å². The largest absolute Gasteiger partial charge is 0.493 e. The van der Waals surface area contributed by atoms with Crippen molar-refractivity contribution in [2.45, 2.75) is 0 Å². The summed E-state index contributed by atoms with van der Waals surface area (Å²) in [7, 11) is 2.89. The second-order valence-electron chi connectivity index (χ2n) is 4.11. The molecule has 0 bridgehead atoms. The van der Waals surface area contributed by atoms with Crippen LogP contribution in [-0.2, 0) is 21.3 Å². The molecule has 0 N–H and O–H groups in total. The van der Waals surface area contributed by atoms with Gasteiger partial charge in [-0.1, -0.05) is 17.9 Å². The smallest absolute Gasteiger partial charge is 0.330 e. The third-order valence-electron chi connectivity index (χ3n) is 2.12. The molecule has 0 unspecified atom stereocenters. The van der Waals surface area contributed by atoms with Crippen molar-refractivity contribution in [1.82, 2.24) is 0 Å². The van der Waals surface area contributed by atoms with Crippen LogP contribution in [0.2, 0.25) is 0 Å². The molecule has 1 aromatic rings. The van der Waals surface area contributed by atoms with E-state index in [2.05, 4.69) is 4.74 Å². The number of benzene rings is 1. The lowest BCUT2D eigenvalue weighted by molar-refractivity contribution is -0.134.